The molecule has 0 amide bonds. The van der Waals surface area contributed by atoms with Gasteiger partial charge in [-0.3, -0.25) is 9.59 Å². The minimum atomic E-state index is -0.0478. The molecule has 2 aliphatic rings. The average Bonchev–Trinajstić information content (AvgIpc) is 3.21. The molecule has 0 aromatic heterocycles. The first-order valence-electron chi connectivity index (χ1n) is 21.6. The molecule has 0 bridgehead atoms. The van der Waals surface area contributed by atoms with E-state index in [0.717, 1.165) is 55.9 Å². The molecule has 0 N–H and O–H groups in total. The molecule has 296 valence electrons. The number of hydrogen-bond donors (Lipinski definition) is 0. The Kier molecular flexibility index (Phi) is 13.3. The molecule has 0 radical (unpaired) electrons. The summed E-state index contributed by atoms with van der Waals surface area (Å²) in [6, 6.07) is 34.8. The number of fused-ring (bicyclic) bond motifs is 2. The summed E-state index contributed by atoms with van der Waals surface area (Å²) in [6.45, 7) is 15.6. The zero-order chi connectivity index (χ0) is 40.2. The van der Waals surface area contributed by atoms with Gasteiger partial charge in [-0.1, -0.05) is 145 Å². The predicted octanol–water partition coefficient (Wildman–Crippen LogP) is 15.4. The summed E-state index contributed by atoms with van der Waals surface area (Å²) in [4.78, 5) is 33.6. The van der Waals surface area contributed by atoms with Gasteiger partial charge in [-0.05, 0) is 144 Å². The van der Waals surface area contributed by atoms with E-state index in [1.54, 1.807) is 23.5 Å². The normalized spacial score (nSPS) is 17.2. The molecule has 1 fully saturated rings. The number of carbonyl (C=O) groups excluding carboxylic acids is 2. The zero-order valence-corrected chi connectivity index (χ0v) is 36.8. The highest BCUT2D eigenvalue weighted by Gasteiger charge is 2.36. The molecule has 1 atom stereocenters. The van der Waals surface area contributed by atoms with Gasteiger partial charge in [0.1, 0.15) is 0 Å². The van der Waals surface area contributed by atoms with Crippen molar-refractivity contribution in [2.45, 2.75) is 138 Å². The zero-order valence-electron chi connectivity index (χ0n) is 35.1. The summed E-state index contributed by atoms with van der Waals surface area (Å²) in [7, 11) is 0. The van der Waals surface area contributed by atoms with Crippen molar-refractivity contribution < 1.29 is 9.59 Å². The minimum absolute atomic E-state index is 0.0466. The molecular weight excluding hydrogens is 733 g/mol. The van der Waals surface area contributed by atoms with E-state index in [4.69, 9.17) is 0 Å². The van der Waals surface area contributed by atoms with Crippen LogP contribution in [0.1, 0.15) is 159 Å². The van der Waals surface area contributed by atoms with Crippen LogP contribution in [0.2, 0.25) is 0 Å². The van der Waals surface area contributed by atoms with Crippen LogP contribution in [0.3, 0.4) is 0 Å². The summed E-state index contributed by atoms with van der Waals surface area (Å²) in [5.74, 6) is 2.81. The van der Waals surface area contributed by atoms with E-state index >= 15 is 0 Å². The maximum atomic E-state index is 14.8. The average molecular weight is 793 g/mol. The van der Waals surface area contributed by atoms with Crippen molar-refractivity contribution in [1.82, 2.24) is 0 Å². The molecule has 0 heterocycles. The maximum Gasteiger partial charge on any atom is 0.195 e. The monoisotopic (exact) mass is 792 g/mol. The molecule has 4 heteroatoms. The molecule has 0 spiro atoms. The second-order valence-corrected chi connectivity index (χ2v) is 19.7. The van der Waals surface area contributed by atoms with Crippen LogP contribution in [-0.4, -0.2) is 11.6 Å². The molecule has 7 rings (SSSR count). The fourth-order valence-corrected chi connectivity index (χ4v) is 11.2. The highest BCUT2D eigenvalue weighted by Crippen LogP contribution is 2.45. The second kappa shape index (κ2) is 18.4. The van der Waals surface area contributed by atoms with Gasteiger partial charge < -0.3 is 0 Å². The van der Waals surface area contributed by atoms with E-state index < -0.39 is 0 Å². The third-order valence-corrected chi connectivity index (χ3v) is 14.6. The van der Waals surface area contributed by atoms with Gasteiger partial charge in [0.2, 0.25) is 0 Å². The molecule has 2 aliphatic carbocycles. The van der Waals surface area contributed by atoms with E-state index in [1.165, 1.54) is 60.8 Å². The summed E-state index contributed by atoms with van der Waals surface area (Å²) < 4.78 is 0. The first-order chi connectivity index (χ1) is 27.5. The van der Waals surface area contributed by atoms with Crippen LogP contribution in [0.4, 0.5) is 0 Å². The SMILES string of the molecule is CCCC1CCC(c2ccc(-c3ccc(Sc4c(CC(C)C)ccc5c4C(=O)c4ccc(CC(C)C)c(Sc6ccc(C(C)CC)cc6)c4C5=O)cc3)cc2)CC1. The Morgan fingerprint density at radius 2 is 1.02 bits per heavy atom. The third-order valence-electron chi connectivity index (χ3n) is 12.3. The molecule has 57 heavy (non-hydrogen) atoms. The number of benzene rings is 5. The fourth-order valence-electron chi connectivity index (χ4n) is 8.98. The Bertz CT molecular complexity index is 2190. The number of hydrogen-bond acceptors (Lipinski definition) is 4. The van der Waals surface area contributed by atoms with Gasteiger partial charge in [0.25, 0.3) is 0 Å². The lowest BCUT2D eigenvalue weighted by Crippen LogP contribution is -2.24. The number of carbonyl (C=O) groups is 2. The summed E-state index contributed by atoms with van der Waals surface area (Å²) >= 11 is 3.25. The maximum absolute atomic E-state index is 14.8. The number of rotatable bonds is 14. The molecule has 0 saturated heterocycles. The van der Waals surface area contributed by atoms with Crippen LogP contribution in [0.25, 0.3) is 11.1 Å². The molecule has 5 aromatic carbocycles. The van der Waals surface area contributed by atoms with Crippen molar-refractivity contribution in [3.05, 3.63) is 142 Å². The van der Waals surface area contributed by atoms with Crippen molar-refractivity contribution in [2.75, 3.05) is 0 Å². The lowest BCUT2D eigenvalue weighted by atomic mass is 9.77. The van der Waals surface area contributed by atoms with Crippen LogP contribution in [0.15, 0.2) is 117 Å². The van der Waals surface area contributed by atoms with E-state index in [-0.39, 0.29) is 11.6 Å². The summed E-state index contributed by atoms with van der Waals surface area (Å²) in [5.41, 5.74) is 9.62. The van der Waals surface area contributed by atoms with Gasteiger partial charge in [-0.25, -0.2) is 0 Å². The standard InChI is InChI=1S/C53H60O2S2/c1-8-10-36-11-13-38(14-12-36)39-15-17-40(18-16-39)41-21-27-45(28-22-41)57-53-43(32-34(5)6)24-30-47-49(53)51(55)46-29-23-42(31-33(3)4)52(48(46)50(47)54)56-44-25-19-37(20-26-44)35(7)9-2/h15-30,33-36,38H,8-14,31-32H2,1-7H3. The van der Waals surface area contributed by atoms with Gasteiger partial charge >= 0.3 is 0 Å². The van der Waals surface area contributed by atoms with E-state index in [0.29, 0.717) is 45.9 Å². The largest absolute Gasteiger partial charge is 0.289 e. The van der Waals surface area contributed by atoms with E-state index in [2.05, 4.69) is 133 Å². The molecule has 0 aliphatic heterocycles. The Morgan fingerprint density at radius 1 is 0.561 bits per heavy atom. The summed E-state index contributed by atoms with van der Waals surface area (Å²) in [5, 5.41) is 0. The van der Waals surface area contributed by atoms with Crippen LogP contribution in [0, 0.1) is 17.8 Å². The van der Waals surface area contributed by atoms with E-state index in [9.17, 15) is 9.59 Å². The summed E-state index contributed by atoms with van der Waals surface area (Å²) in [6.07, 6.45) is 10.8. The number of ketones is 2. The quantitative estimate of drug-likeness (QED) is 0.110. The van der Waals surface area contributed by atoms with Gasteiger partial charge in [0.15, 0.2) is 11.6 Å². The highest BCUT2D eigenvalue weighted by atomic mass is 32.2. The van der Waals surface area contributed by atoms with E-state index in [1.807, 2.05) is 12.1 Å². The topological polar surface area (TPSA) is 34.1 Å². The Labute approximate surface area is 351 Å². The molecular formula is C53H60O2S2. The third kappa shape index (κ3) is 9.23. The van der Waals surface area contributed by atoms with Crippen molar-refractivity contribution >= 4 is 35.1 Å². The first kappa shape index (κ1) is 41.3. The minimum Gasteiger partial charge on any atom is -0.289 e. The lowest BCUT2D eigenvalue weighted by molar-refractivity contribution is 0.0974. The molecule has 1 saturated carbocycles. The van der Waals surface area contributed by atoms with Gasteiger partial charge in [-0.2, -0.15) is 0 Å². The fraction of sp³-hybridized carbons (Fsp3) is 0.396. The Balaban J connectivity index is 1.18. The Hall–Kier alpha value is -3.86. The smallest absolute Gasteiger partial charge is 0.195 e. The molecule has 2 nitrogen and oxygen atoms in total. The Morgan fingerprint density at radius 3 is 1.46 bits per heavy atom. The van der Waals surface area contributed by atoms with Crippen molar-refractivity contribution in [3.63, 3.8) is 0 Å². The van der Waals surface area contributed by atoms with Crippen molar-refractivity contribution in [1.29, 1.82) is 0 Å². The van der Waals surface area contributed by atoms with Gasteiger partial charge in [0.05, 0.1) is 0 Å². The predicted molar refractivity (Wildman–Crippen MR) is 242 cm³/mol. The van der Waals surface area contributed by atoms with Crippen LogP contribution >= 0.6 is 23.5 Å². The molecule has 5 aromatic rings. The van der Waals surface area contributed by atoms with Crippen LogP contribution in [-0.2, 0) is 12.8 Å². The van der Waals surface area contributed by atoms with Gasteiger partial charge in [0, 0.05) is 41.8 Å². The lowest BCUT2D eigenvalue weighted by Gasteiger charge is -2.28. The highest BCUT2D eigenvalue weighted by molar-refractivity contribution is 7.99. The van der Waals surface area contributed by atoms with Crippen molar-refractivity contribution in [2.24, 2.45) is 17.8 Å². The van der Waals surface area contributed by atoms with Crippen LogP contribution < -0.4 is 0 Å². The molecule has 1 unspecified atom stereocenters. The van der Waals surface area contributed by atoms with Crippen LogP contribution in [0.5, 0.6) is 0 Å². The van der Waals surface area contributed by atoms with Gasteiger partial charge in [-0.15, -0.1) is 0 Å². The van der Waals surface area contributed by atoms with Crippen molar-refractivity contribution in [3.8, 4) is 11.1 Å². The second-order valence-electron chi connectivity index (χ2n) is 17.5. The first-order valence-corrected chi connectivity index (χ1v) is 23.2.